The van der Waals surface area contributed by atoms with Crippen LogP contribution in [0.1, 0.15) is 27.6 Å². The molecule has 0 unspecified atom stereocenters. The number of benzene rings is 2. The van der Waals surface area contributed by atoms with Gasteiger partial charge in [0.25, 0.3) is 11.6 Å². The number of non-ortho nitro benzene ring substituents is 1. The molecule has 0 bridgehead atoms. The Balaban J connectivity index is 1.92. The molecule has 2 aromatic carbocycles. The highest BCUT2D eigenvalue weighted by Crippen LogP contribution is 2.15. The van der Waals surface area contributed by atoms with Crippen molar-refractivity contribution in [3.05, 3.63) is 69.8 Å². The Hall–Kier alpha value is -3.26. The number of nitrogens with zero attached hydrogens (tertiary/aromatic N) is 1. The van der Waals surface area contributed by atoms with Gasteiger partial charge in [0.2, 0.25) is 0 Å². The largest absolute Gasteiger partial charge is 0.460 e. The van der Waals surface area contributed by atoms with Crippen LogP contribution in [0.2, 0.25) is 0 Å². The van der Waals surface area contributed by atoms with Crippen molar-refractivity contribution in [1.29, 1.82) is 0 Å². The highest BCUT2D eigenvalue weighted by molar-refractivity contribution is 6.04. The number of nitrogens with one attached hydrogen (secondary N) is 1. The molecule has 26 heavy (non-hydrogen) atoms. The molecule has 0 saturated carbocycles. The third kappa shape index (κ3) is 5.38. The molecule has 0 atom stereocenters. The maximum atomic E-state index is 12.1. The van der Waals surface area contributed by atoms with Crippen molar-refractivity contribution in [3.63, 3.8) is 0 Å². The van der Waals surface area contributed by atoms with E-state index >= 15 is 0 Å². The summed E-state index contributed by atoms with van der Waals surface area (Å²) in [6.45, 7) is 2.92. The first kappa shape index (κ1) is 19.1. The molecule has 0 fully saturated rings. The Morgan fingerprint density at radius 1 is 1.00 bits per heavy atom. The van der Waals surface area contributed by atoms with E-state index in [9.17, 15) is 19.7 Å². The lowest BCUT2D eigenvalue weighted by atomic mass is 10.1. The van der Waals surface area contributed by atoms with Crippen molar-refractivity contribution in [2.45, 2.75) is 6.92 Å². The zero-order valence-electron chi connectivity index (χ0n) is 14.1. The van der Waals surface area contributed by atoms with E-state index in [0.29, 0.717) is 24.5 Å². The van der Waals surface area contributed by atoms with Crippen LogP contribution in [0, 0.1) is 10.1 Å². The SMILES string of the molecule is CCOCCOC(=O)c1ccc(NC(=O)c2ccc([N+](=O)[O-])cc2)cc1. The molecule has 0 radical (unpaired) electrons. The van der Waals surface area contributed by atoms with E-state index in [1.165, 1.54) is 36.4 Å². The van der Waals surface area contributed by atoms with Crippen molar-refractivity contribution >= 4 is 23.3 Å². The van der Waals surface area contributed by atoms with Gasteiger partial charge in [-0.1, -0.05) is 0 Å². The van der Waals surface area contributed by atoms with Crippen molar-refractivity contribution in [1.82, 2.24) is 0 Å². The predicted molar refractivity (Wildman–Crippen MR) is 94.3 cm³/mol. The molecule has 2 rings (SSSR count). The topological polar surface area (TPSA) is 108 Å². The number of rotatable bonds is 8. The van der Waals surface area contributed by atoms with E-state index < -0.39 is 16.8 Å². The minimum absolute atomic E-state index is 0.0891. The van der Waals surface area contributed by atoms with E-state index in [1.54, 1.807) is 12.1 Å². The fourth-order valence-electron chi connectivity index (χ4n) is 2.05. The number of carbonyl (C=O) groups is 2. The van der Waals surface area contributed by atoms with Gasteiger partial charge in [0.05, 0.1) is 17.1 Å². The Morgan fingerprint density at radius 2 is 1.62 bits per heavy atom. The Bertz CT molecular complexity index is 771. The summed E-state index contributed by atoms with van der Waals surface area (Å²) in [6.07, 6.45) is 0. The molecule has 0 aliphatic carbocycles. The fourth-order valence-corrected chi connectivity index (χ4v) is 2.05. The summed E-state index contributed by atoms with van der Waals surface area (Å²) < 4.78 is 10.1. The van der Waals surface area contributed by atoms with Crippen LogP contribution in [0.3, 0.4) is 0 Å². The van der Waals surface area contributed by atoms with Gasteiger partial charge in [0.1, 0.15) is 6.61 Å². The number of anilines is 1. The molecule has 0 spiro atoms. The Labute approximate surface area is 149 Å². The Kier molecular flexibility index (Phi) is 6.81. The van der Waals surface area contributed by atoms with Gasteiger partial charge in [0.15, 0.2) is 0 Å². The first-order valence-electron chi connectivity index (χ1n) is 7.92. The monoisotopic (exact) mass is 358 g/mol. The van der Waals surface area contributed by atoms with E-state index in [2.05, 4.69) is 5.32 Å². The quantitative estimate of drug-likeness (QED) is 0.336. The number of hydrogen-bond acceptors (Lipinski definition) is 6. The molecule has 1 N–H and O–H groups in total. The minimum Gasteiger partial charge on any atom is -0.460 e. The lowest BCUT2D eigenvalue weighted by molar-refractivity contribution is -0.384. The van der Waals surface area contributed by atoms with Gasteiger partial charge in [-0.25, -0.2) is 4.79 Å². The van der Waals surface area contributed by atoms with Gasteiger partial charge >= 0.3 is 5.97 Å². The van der Waals surface area contributed by atoms with E-state index in [4.69, 9.17) is 9.47 Å². The second-order valence-corrected chi connectivity index (χ2v) is 5.17. The number of esters is 1. The average molecular weight is 358 g/mol. The van der Waals surface area contributed by atoms with E-state index in [1.807, 2.05) is 6.92 Å². The second kappa shape index (κ2) is 9.28. The first-order chi connectivity index (χ1) is 12.5. The number of nitro benzene ring substituents is 1. The van der Waals surface area contributed by atoms with Gasteiger partial charge in [-0.15, -0.1) is 0 Å². The summed E-state index contributed by atoms with van der Waals surface area (Å²) in [5.74, 6) is -0.884. The first-order valence-corrected chi connectivity index (χ1v) is 7.92. The van der Waals surface area contributed by atoms with Gasteiger partial charge in [-0.2, -0.15) is 0 Å². The molecule has 8 nitrogen and oxygen atoms in total. The van der Waals surface area contributed by atoms with Crippen molar-refractivity contribution in [3.8, 4) is 0 Å². The molecule has 0 aromatic heterocycles. The Morgan fingerprint density at radius 3 is 2.19 bits per heavy atom. The summed E-state index contributed by atoms with van der Waals surface area (Å²) in [5.41, 5.74) is 1.04. The number of nitro groups is 1. The van der Waals surface area contributed by atoms with Crippen molar-refractivity contribution < 1.29 is 24.0 Å². The summed E-state index contributed by atoms with van der Waals surface area (Å²) in [6, 6.07) is 11.5. The zero-order chi connectivity index (χ0) is 18.9. The summed E-state index contributed by atoms with van der Waals surface area (Å²) in [5, 5.41) is 13.3. The highest BCUT2D eigenvalue weighted by atomic mass is 16.6. The maximum Gasteiger partial charge on any atom is 0.338 e. The zero-order valence-corrected chi connectivity index (χ0v) is 14.1. The smallest absolute Gasteiger partial charge is 0.338 e. The van der Waals surface area contributed by atoms with E-state index in [0.717, 1.165) is 0 Å². The van der Waals surface area contributed by atoms with Crippen LogP contribution in [-0.4, -0.2) is 36.6 Å². The number of amides is 1. The van der Waals surface area contributed by atoms with Crippen LogP contribution in [0.25, 0.3) is 0 Å². The minimum atomic E-state index is -0.534. The van der Waals surface area contributed by atoms with Crippen LogP contribution in [0.15, 0.2) is 48.5 Å². The number of hydrogen-bond donors (Lipinski definition) is 1. The molecule has 0 saturated heterocycles. The van der Waals surface area contributed by atoms with Gasteiger partial charge in [0, 0.05) is 30.0 Å². The molecular weight excluding hydrogens is 340 g/mol. The molecular formula is C18H18N2O6. The molecule has 0 aliphatic rings. The lowest BCUT2D eigenvalue weighted by Crippen LogP contribution is -2.13. The summed E-state index contributed by atoms with van der Waals surface area (Å²) >= 11 is 0. The van der Waals surface area contributed by atoms with Crippen LogP contribution < -0.4 is 5.32 Å². The number of ether oxygens (including phenoxy) is 2. The van der Waals surface area contributed by atoms with Crippen LogP contribution in [0.5, 0.6) is 0 Å². The molecule has 1 amide bonds. The summed E-state index contributed by atoms with van der Waals surface area (Å²) in [4.78, 5) is 34.0. The molecule has 2 aromatic rings. The maximum absolute atomic E-state index is 12.1. The van der Waals surface area contributed by atoms with E-state index in [-0.39, 0.29) is 17.9 Å². The second-order valence-electron chi connectivity index (χ2n) is 5.17. The van der Waals surface area contributed by atoms with Gasteiger partial charge in [-0.3, -0.25) is 14.9 Å². The third-order valence-corrected chi connectivity index (χ3v) is 3.38. The average Bonchev–Trinajstić information content (AvgIpc) is 2.65. The van der Waals surface area contributed by atoms with Crippen LogP contribution in [0.4, 0.5) is 11.4 Å². The molecule has 136 valence electrons. The van der Waals surface area contributed by atoms with Gasteiger partial charge in [-0.05, 0) is 43.3 Å². The van der Waals surface area contributed by atoms with Crippen molar-refractivity contribution in [2.24, 2.45) is 0 Å². The fraction of sp³-hybridized carbons (Fsp3) is 0.222. The van der Waals surface area contributed by atoms with Crippen LogP contribution >= 0.6 is 0 Å². The molecule has 0 aliphatic heterocycles. The molecule has 8 heteroatoms. The lowest BCUT2D eigenvalue weighted by Gasteiger charge is -2.07. The normalized spacial score (nSPS) is 10.2. The number of carbonyl (C=O) groups excluding carboxylic acids is 2. The van der Waals surface area contributed by atoms with Crippen molar-refractivity contribution in [2.75, 3.05) is 25.1 Å². The summed E-state index contributed by atoms with van der Waals surface area (Å²) in [7, 11) is 0. The highest BCUT2D eigenvalue weighted by Gasteiger charge is 2.11. The molecule has 0 heterocycles. The third-order valence-electron chi connectivity index (χ3n) is 3.38. The van der Waals surface area contributed by atoms with Gasteiger partial charge < -0.3 is 14.8 Å². The van der Waals surface area contributed by atoms with Crippen LogP contribution in [-0.2, 0) is 9.47 Å². The predicted octanol–water partition coefficient (Wildman–Crippen LogP) is 3.04. The standard InChI is InChI=1S/C18H18N2O6/c1-2-25-11-12-26-18(22)14-3-7-15(8-4-14)19-17(21)13-5-9-16(10-6-13)20(23)24/h3-10H,2,11-12H2,1H3,(H,19,21).